The van der Waals surface area contributed by atoms with Crippen LogP contribution in [0.15, 0.2) is 65.3 Å². The summed E-state index contributed by atoms with van der Waals surface area (Å²) in [6.07, 6.45) is 2.33. The number of benzene rings is 2. The van der Waals surface area contributed by atoms with Crippen LogP contribution in [0.25, 0.3) is 22.2 Å². The van der Waals surface area contributed by atoms with Crippen molar-refractivity contribution in [3.63, 3.8) is 0 Å². The van der Waals surface area contributed by atoms with E-state index >= 15 is 0 Å². The Balaban J connectivity index is 2.01. The number of carbonyl (C=O) groups excluding carboxylic acids is 1. The Morgan fingerprint density at radius 3 is 2.41 bits per heavy atom. The van der Waals surface area contributed by atoms with E-state index in [1.54, 1.807) is 13.2 Å². The molecule has 0 spiro atoms. The zero-order chi connectivity index (χ0) is 23.0. The molecule has 0 bridgehead atoms. The lowest BCUT2D eigenvalue weighted by Gasteiger charge is -2.23. The van der Waals surface area contributed by atoms with Gasteiger partial charge in [0.1, 0.15) is 11.5 Å². The molecule has 4 heteroatoms. The fraction of sp³-hybridized carbons (Fsp3) is 0.321. The van der Waals surface area contributed by atoms with Gasteiger partial charge in [-0.15, -0.1) is 0 Å². The van der Waals surface area contributed by atoms with Crippen molar-refractivity contribution in [1.29, 1.82) is 0 Å². The minimum atomic E-state index is -0.492. The first-order valence-electron chi connectivity index (χ1n) is 11.1. The zero-order valence-electron chi connectivity index (χ0n) is 19.4. The van der Waals surface area contributed by atoms with E-state index in [0.29, 0.717) is 18.9 Å². The average molecular weight is 448 g/mol. The second-order valence-corrected chi connectivity index (χ2v) is 10.00. The van der Waals surface area contributed by atoms with Crippen LogP contribution in [0.5, 0.6) is 0 Å². The van der Waals surface area contributed by atoms with E-state index in [1.807, 2.05) is 38.1 Å². The average Bonchev–Trinajstić information content (AvgIpc) is 3.35. The molecule has 0 radical (unpaired) electrons. The van der Waals surface area contributed by atoms with Crippen LogP contribution in [0.4, 0.5) is 0 Å². The van der Waals surface area contributed by atoms with E-state index in [2.05, 4.69) is 48.7 Å². The summed E-state index contributed by atoms with van der Waals surface area (Å²) in [4.78, 5) is 12.5. The predicted molar refractivity (Wildman–Crippen MR) is 132 cm³/mol. The minimum absolute atomic E-state index is 0.175. The van der Waals surface area contributed by atoms with Crippen molar-refractivity contribution in [3.05, 3.63) is 82.7 Å². The summed E-state index contributed by atoms with van der Waals surface area (Å²) >= 11 is 6.12. The maximum atomic E-state index is 12.5. The van der Waals surface area contributed by atoms with Crippen LogP contribution in [0.1, 0.15) is 57.4 Å². The van der Waals surface area contributed by atoms with Gasteiger partial charge in [-0.3, -0.25) is 4.79 Å². The number of carbonyl (C=O) groups is 1. The highest BCUT2D eigenvalue weighted by atomic mass is 35.5. The van der Waals surface area contributed by atoms with Gasteiger partial charge in [0, 0.05) is 45.6 Å². The molecule has 4 rings (SSSR count). The topological polar surface area (TPSA) is 35.1 Å². The summed E-state index contributed by atoms with van der Waals surface area (Å²) in [6, 6.07) is 18.6. The number of furan rings is 1. The first-order chi connectivity index (χ1) is 15.2. The molecule has 3 nitrogen and oxygen atoms in total. The third kappa shape index (κ3) is 4.27. The van der Waals surface area contributed by atoms with E-state index < -0.39 is 5.41 Å². The van der Waals surface area contributed by atoms with Crippen molar-refractivity contribution in [2.75, 3.05) is 0 Å². The van der Waals surface area contributed by atoms with Gasteiger partial charge in [0.25, 0.3) is 0 Å². The Kier molecular flexibility index (Phi) is 6.05. The highest BCUT2D eigenvalue weighted by Crippen LogP contribution is 2.40. The summed E-state index contributed by atoms with van der Waals surface area (Å²) in [5, 5.41) is 1.89. The molecular weight excluding hydrogens is 418 g/mol. The van der Waals surface area contributed by atoms with Crippen molar-refractivity contribution >= 4 is 28.3 Å². The minimum Gasteiger partial charge on any atom is -0.464 e. The Hall–Kier alpha value is -2.78. The number of Topliss-reactive ketones (excluding diaryl/α,β-unsaturated/α-hetero) is 1. The summed E-state index contributed by atoms with van der Waals surface area (Å²) in [5.74, 6) is 1.43. The third-order valence-electron chi connectivity index (χ3n) is 6.45. The van der Waals surface area contributed by atoms with Gasteiger partial charge in [-0.2, -0.15) is 0 Å². The number of fused-ring (bicyclic) bond motifs is 1. The molecule has 0 aliphatic carbocycles. The molecule has 0 aliphatic rings. The van der Waals surface area contributed by atoms with E-state index in [9.17, 15) is 4.79 Å². The van der Waals surface area contributed by atoms with Crippen LogP contribution in [-0.2, 0) is 17.8 Å². The lowest BCUT2D eigenvalue weighted by atomic mass is 9.82. The summed E-state index contributed by atoms with van der Waals surface area (Å²) in [7, 11) is 0. The molecule has 32 heavy (non-hydrogen) atoms. The molecule has 0 fully saturated rings. The van der Waals surface area contributed by atoms with Crippen LogP contribution < -0.4 is 0 Å². The number of ketones is 1. The van der Waals surface area contributed by atoms with E-state index in [1.165, 1.54) is 5.56 Å². The maximum Gasteiger partial charge on any atom is 0.136 e. The molecule has 166 valence electrons. The Bertz CT molecular complexity index is 1250. The standard InChI is InChI=1S/C28H30ClNO2/c1-18(2)21-10-13-24-23(15-21)27(26-7-6-14-32-26)25(16-28(4,5)19(3)31)30(24)17-20-8-11-22(29)12-9-20/h6-15,18H,16-17H2,1-5H3. The summed E-state index contributed by atoms with van der Waals surface area (Å²) in [5.41, 5.74) is 5.29. The molecule has 4 aromatic rings. The van der Waals surface area contributed by atoms with Gasteiger partial charge in [0.2, 0.25) is 0 Å². The first kappa shape index (κ1) is 22.4. The molecule has 0 saturated carbocycles. The molecule has 0 N–H and O–H groups in total. The molecule has 2 aromatic carbocycles. The molecule has 2 aromatic heterocycles. The molecular formula is C28H30ClNO2. The lowest BCUT2D eigenvalue weighted by Crippen LogP contribution is -2.26. The number of rotatable bonds is 7. The fourth-order valence-corrected chi connectivity index (χ4v) is 4.29. The SMILES string of the molecule is CC(=O)C(C)(C)Cc1c(-c2ccco2)c2cc(C(C)C)ccc2n1Cc1ccc(Cl)cc1. The second kappa shape index (κ2) is 8.63. The summed E-state index contributed by atoms with van der Waals surface area (Å²) < 4.78 is 8.25. The highest BCUT2D eigenvalue weighted by molar-refractivity contribution is 6.30. The van der Waals surface area contributed by atoms with E-state index in [0.717, 1.165) is 38.5 Å². The number of hydrogen-bond acceptors (Lipinski definition) is 2. The highest BCUT2D eigenvalue weighted by Gasteiger charge is 2.30. The zero-order valence-corrected chi connectivity index (χ0v) is 20.2. The van der Waals surface area contributed by atoms with Gasteiger partial charge in [0.15, 0.2) is 0 Å². The van der Waals surface area contributed by atoms with Gasteiger partial charge in [-0.05, 0) is 60.4 Å². The molecule has 0 aliphatic heterocycles. The summed E-state index contributed by atoms with van der Waals surface area (Å²) in [6.45, 7) is 10.8. The van der Waals surface area contributed by atoms with Crippen molar-refractivity contribution in [1.82, 2.24) is 4.57 Å². The Morgan fingerprint density at radius 2 is 1.81 bits per heavy atom. The number of halogens is 1. The fourth-order valence-electron chi connectivity index (χ4n) is 4.16. The van der Waals surface area contributed by atoms with Crippen LogP contribution in [0.2, 0.25) is 5.02 Å². The van der Waals surface area contributed by atoms with Gasteiger partial charge < -0.3 is 8.98 Å². The lowest BCUT2D eigenvalue weighted by molar-refractivity contribution is -0.124. The van der Waals surface area contributed by atoms with Crippen molar-refractivity contribution < 1.29 is 9.21 Å². The normalized spacial score (nSPS) is 12.1. The van der Waals surface area contributed by atoms with Gasteiger partial charge in [-0.25, -0.2) is 0 Å². The Labute approximate surface area is 195 Å². The predicted octanol–water partition coefficient (Wildman–Crippen LogP) is 7.88. The van der Waals surface area contributed by atoms with Gasteiger partial charge in [0.05, 0.1) is 6.26 Å². The van der Waals surface area contributed by atoms with Crippen LogP contribution >= 0.6 is 11.6 Å². The van der Waals surface area contributed by atoms with Crippen molar-refractivity contribution in [2.45, 2.75) is 53.5 Å². The van der Waals surface area contributed by atoms with E-state index in [-0.39, 0.29) is 5.78 Å². The van der Waals surface area contributed by atoms with Crippen LogP contribution in [0, 0.1) is 5.41 Å². The Morgan fingerprint density at radius 1 is 1.09 bits per heavy atom. The molecule has 0 atom stereocenters. The molecule has 0 amide bonds. The van der Waals surface area contributed by atoms with Crippen molar-refractivity contribution in [2.24, 2.45) is 5.41 Å². The van der Waals surface area contributed by atoms with E-state index in [4.69, 9.17) is 16.0 Å². The quantitative estimate of drug-likeness (QED) is 0.288. The maximum absolute atomic E-state index is 12.5. The first-order valence-corrected chi connectivity index (χ1v) is 11.5. The van der Waals surface area contributed by atoms with Crippen LogP contribution in [0.3, 0.4) is 0 Å². The van der Waals surface area contributed by atoms with Crippen molar-refractivity contribution in [3.8, 4) is 11.3 Å². The smallest absolute Gasteiger partial charge is 0.136 e. The third-order valence-corrected chi connectivity index (χ3v) is 6.70. The second-order valence-electron chi connectivity index (χ2n) is 9.56. The van der Waals surface area contributed by atoms with Crippen LogP contribution in [-0.4, -0.2) is 10.4 Å². The monoisotopic (exact) mass is 447 g/mol. The number of nitrogens with zero attached hydrogens (tertiary/aromatic N) is 1. The molecule has 0 unspecified atom stereocenters. The van der Waals surface area contributed by atoms with Gasteiger partial charge >= 0.3 is 0 Å². The number of aromatic nitrogens is 1. The molecule has 0 saturated heterocycles. The number of hydrogen-bond donors (Lipinski definition) is 0. The largest absolute Gasteiger partial charge is 0.464 e. The van der Waals surface area contributed by atoms with Gasteiger partial charge in [-0.1, -0.05) is 57.5 Å². The molecule has 2 heterocycles.